The van der Waals surface area contributed by atoms with Crippen molar-refractivity contribution in [1.82, 2.24) is 5.32 Å². The van der Waals surface area contributed by atoms with E-state index in [0.29, 0.717) is 38.0 Å². The average molecular weight is 536 g/mol. The summed E-state index contributed by atoms with van der Waals surface area (Å²) >= 11 is 0. The molecule has 0 aliphatic heterocycles. The summed E-state index contributed by atoms with van der Waals surface area (Å²) in [6, 6.07) is 8.47. The van der Waals surface area contributed by atoms with Gasteiger partial charge < -0.3 is 49.8 Å². The summed E-state index contributed by atoms with van der Waals surface area (Å²) in [5.41, 5.74) is 1.66. The summed E-state index contributed by atoms with van der Waals surface area (Å²) in [5, 5.41) is 55.8. The van der Waals surface area contributed by atoms with Gasteiger partial charge in [-0.3, -0.25) is 0 Å². The third-order valence-electron chi connectivity index (χ3n) is 7.57. The molecule has 6 N–H and O–H groups in total. The van der Waals surface area contributed by atoms with Gasteiger partial charge in [-0.05, 0) is 80.6 Å². The number of aliphatic hydroxyl groups is 3. The van der Waals surface area contributed by atoms with Gasteiger partial charge in [0.05, 0.1) is 39.6 Å². The number of aliphatic hydroxyl groups excluding tert-OH is 3. The molecule has 0 spiro atoms. The summed E-state index contributed by atoms with van der Waals surface area (Å²) in [6.07, 6.45) is -0.379. The van der Waals surface area contributed by atoms with Crippen molar-refractivity contribution in [3.8, 4) is 28.7 Å². The van der Waals surface area contributed by atoms with Crippen molar-refractivity contribution >= 4 is 0 Å². The van der Waals surface area contributed by atoms with Gasteiger partial charge in [0, 0.05) is 11.8 Å². The number of methoxy groups -OCH3 is 3. The number of phenols is 2. The van der Waals surface area contributed by atoms with E-state index < -0.39 is 31.0 Å². The molecule has 2 aromatic rings. The van der Waals surface area contributed by atoms with E-state index in [2.05, 4.69) is 5.32 Å². The Hall–Kier alpha value is -2.76. The van der Waals surface area contributed by atoms with Crippen molar-refractivity contribution in [1.29, 1.82) is 0 Å². The van der Waals surface area contributed by atoms with Gasteiger partial charge >= 0.3 is 0 Å². The van der Waals surface area contributed by atoms with Crippen LogP contribution in [-0.4, -0.2) is 85.6 Å². The van der Waals surface area contributed by atoms with E-state index in [1.807, 2.05) is 7.05 Å². The molecule has 0 amide bonds. The van der Waals surface area contributed by atoms with Gasteiger partial charge in [-0.1, -0.05) is 6.07 Å². The third kappa shape index (κ3) is 6.81. The number of phenolic OH excluding ortho intramolecular Hbond substituents is 2. The highest BCUT2D eigenvalue weighted by molar-refractivity contribution is 5.53. The molecule has 0 bridgehead atoms. The highest BCUT2D eigenvalue weighted by Gasteiger charge is 2.46. The molecule has 1 aliphatic rings. The fourth-order valence-electron chi connectivity index (χ4n) is 5.70. The second-order valence-electron chi connectivity index (χ2n) is 9.78. The van der Waals surface area contributed by atoms with Gasteiger partial charge in [0.1, 0.15) is 6.79 Å². The van der Waals surface area contributed by atoms with Crippen LogP contribution >= 0.6 is 0 Å². The number of ether oxygens (including phenoxy) is 4. The van der Waals surface area contributed by atoms with Crippen LogP contribution in [0.1, 0.15) is 24.0 Å². The van der Waals surface area contributed by atoms with E-state index in [1.54, 1.807) is 30.3 Å². The maximum absolute atomic E-state index is 11.7. The Kier molecular flexibility index (Phi) is 10.9. The van der Waals surface area contributed by atoms with Crippen LogP contribution in [-0.2, 0) is 17.6 Å². The zero-order valence-corrected chi connectivity index (χ0v) is 22.5. The first-order valence-electron chi connectivity index (χ1n) is 12.8. The van der Waals surface area contributed by atoms with Crippen LogP contribution in [0.3, 0.4) is 0 Å². The van der Waals surface area contributed by atoms with E-state index in [1.165, 1.54) is 21.3 Å². The van der Waals surface area contributed by atoms with Crippen LogP contribution < -0.4 is 19.5 Å². The van der Waals surface area contributed by atoms with Crippen molar-refractivity contribution < 1.29 is 44.5 Å². The predicted molar refractivity (Wildman–Crippen MR) is 141 cm³/mol. The Morgan fingerprint density at radius 3 is 2.16 bits per heavy atom. The van der Waals surface area contributed by atoms with Crippen molar-refractivity contribution in [2.45, 2.75) is 44.0 Å². The van der Waals surface area contributed by atoms with Crippen molar-refractivity contribution in [2.24, 2.45) is 17.8 Å². The van der Waals surface area contributed by atoms with Gasteiger partial charge in [-0.15, -0.1) is 0 Å². The van der Waals surface area contributed by atoms with E-state index in [0.717, 1.165) is 11.1 Å². The first-order valence-corrected chi connectivity index (χ1v) is 12.8. The van der Waals surface area contributed by atoms with Crippen LogP contribution in [0.4, 0.5) is 0 Å². The number of rotatable bonds is 13. The topological polar surface area (TPSA) is 150 Å². The lowest BCUT2D eigenvalue weighted by atomic mass is 9.66. The SMILES string of the molecule is CNC[C@H]1C[C@@H](O)[C@@H](Cc2cc(OC)c(O)c(OC)c2)[C@H](O)[C@H]1[C@H](CCc1ccc(O)c(OC)c1)OCO. The van der Waals surface area contributed by atoms with Gasteiger partial charge in [0.2, 0.25) is 5.75 Å². The Morgan fingerprint density at radius 2 is 1.58 bits per heavy atom. The Bertz CT molecular complexity index is 1010. The number of aryl methyl sites for hydroxylation is 1. The minimum absolute atomic E-state index is 0.0514. The fraction of sp³-hybridized carbons (Fsp3) is 0.571. The first-order chi connectivity index (χ1) is 18.3. The van der Waals surface area contributed by atoms with Crippen LogP contribution in [0.25, 0.3) is 0 Å². The molecular formula is C28H41NO9. The lowest BCUT2D eigenvalue weighted by molar-refractivity contribution is -0.156. The normalized spacial score (nSPS) is 24.1. The molecule has 0 radical (unpaired) electrons. The minimum Gasteiger partial charge on any atom is -0.504 e. The largest absolute Gasteiger partial charge is 0.504 e. The molecule has 0 heterocycles. The summed E-state index contributed by atoms with van der Waals surface area (Å²) in [5.74, 6) is -0.197. The zero-order chi connectivity index (χ0) is 27.8. The molecule has 2 aromatic carbocycles. The number of nitrogens with one attached hydrogen (secondary N) is 1. The molecule has 6 atom stereocenters. The Balaban J connectivity index is 1.87. The van der Waals surface area contributed by atoms with E-state index in [-0.39, 0.29) is 34.8 Å². The highest BCUT2D eigenvalue weighted by atomic mass is 16.6. The second kappa shape index (κ2) is 13.9. The van der Waals surface area contributed by atoms with Gasteiger partial charge in [0.25, 0.3) is 0 Å². The average Bonchev–Trinajstić information content (AvgIpc) is 2.91. The Labute approximate surface area is 223 Å². The summed E-state index contributed by atoms with van der Waals surface area (Å²) < 4.78 is 21.5. The zero-order valence-electron chi connectivity index (χ0n) is 22.5. The molecule has 0 aromatic heterocycles. The molecule has 212 valence electrons. The van der Waals surface area contributed by atoms with E-state index >= 15 is 0 Å². The summed E-state index contributed by atoms with van der Waals surface area (Å²) in [7, 11) is 6.20. The molecule has 1 saturated carbocycles. The van der Waals surface area contributed by atoms with Gasteiger partial charge in [-0.2, -0.15) is 0 Å². The van der Waals surface area contributed by atoms with Crippen LogP contribution in [0.15, 0.2) is 30.3 Å². The predicted octanol–water partition coefficient (Wildman–Crippen LogP) is 1.83. The summed E-state index contributed by atoms with van der Waals surface area (Å²) in [6.45, 7) is 0.0589. The third-order valence-corrected chi connectivity index (χ3v) is 7.57. The second-order valence-corrected chi connectivity index (χ2v) is 9.78. The maximum atomic E-state index is 11.7. The summed E-state index contributed by atoms with van der Waals surface area (Å²) in [4.78, 5) is 0. The number of hydrogen-bond acceptors (Lipinski definition) is 10. The quantitative estimate of drug-likeness (QED) is 0.210. The smallest absolute Gasteiger partial charge is 0.200 e. The monoisotopic (exact) mass is 535 g/mol. The molecule has 10 nitrogen and oxygen atoms in total. The lowest BCUT2D eigenvalue weighted by Crippen LogP contribution is -2.54. The standard InChI is InChI=1S/C28H41NO9/c1-29-14-18-13-21(32)19(9-17-11-24(36-3)28(34)25(12-17)37-4)27(33)26(18)22(38-15-30)8-6-16-5-7-20(31)23(10-16)35-2/h5,7,10-12,18-19,21-22,26-27,29-34H,6,8-9,13-15H2,1-4H3/t18-,19-,21-,22+,26-,27+/m1/s1. The lowest BCUT2D eigenvalue weighted by Gasteiger charge is -2.46. The number of aromatic hydroxyl groups is 2. The van der Waals surface area contributed by atoms with E-state index in [9.17, 15) is 25.5 Å². The van der Waals surface area contributed by atoms with Crippen LogP contribution in [0.2, 0.25) is 0 Å². The highest BCUT2D eigenvalue weighted by Crippen LogP contribution is 2.42. The van der Waals surface area contributed by atoms with Crippen LogP contribution in [0, 0.1) is 17.8 Å². The maximum Gasteiger partial charge on any atom is 0.200 e. The number of benzene rings is 2. The Morgan fingerprint density at radius 1 is 0.947 bits per heavy atom. The molecule has 1 aliphatic carbocycles. The van der Waals surface area contributed by atoms with Crippen molar-refractivity contribution in [3.05, 3.63) is 41.5 Å². The molecule has 38 heavy (non-hydrogen) atoms. The molecule has 1 fully saturated rings. The molecule has 10 heteroatoms. The van der Waals surface area contributed by atoms with E-state index in [4.69, 9.17) is 18.9 Å². The molecule has 0 saturated heterocycles. The molecule has 3 rings (SSSR count). The van der Waals surface area contributed by atoms with Gasteiger partial charge in [-0.25, -0.2) is 0 Å². The van der Waals surface area contributed by atoms with Crippen LogP contribution in [0.5, 0.6) is 28.7 Å². The minimum atomic E-state index is -0.936. The van der Waals surface area contributed by atoms with Crippen molar-refractivity contribution in [3.63, 3.8) is 0 Å². The number of hydrogen-bond donors (Lipinski definition) is 6. The molecule has 0 unspecified atom stereocenters. The van der Waals surface area contributed by atoms with Crippen molar-refractivity contribution in [2.75, 3.05) is 41.7 Å². The van der Waals surface area contributed by atoms with Gasteiger partial charge in [0.15, 0.2) is 23.0 Å². The fourth-order valence-corrected chi connectivity index (χ4v) is 5.70. The first kappa shape index (κ1) is 29.8. The molecular weight excluding hydrogens is 494 g/mol.